The highest BCUT2D eigenvalue weighted by Gasteiger charge is 2.22. The van der Waals surface area contributed by atoms with Crippen LogP contribution in [-0.2, 0) is 16.1 Å². The molecule has 0 spiro atoms. The van der Waals surface area contributed by atoms with E-state index in [4.69, 9.17) is 4.74 Å². The number of carbonyl (C=O) groups is 1. The Morgan fingerprint density at radius 1 is 1.48 bits per heavy atom. The highest BCUT2D eigenvalue weighted by atomic mass is 32.1. The van der Waals surface area contributed by atoms with Gasteiger partial charge in [0.05, 0.1) is 17.9 Å². The Kier molecular flexibility index (Phi) is 6.10. The van der Waals surface area contributed by atoms with Crippen LogP contribution in [0, 0.1) is 0 Å². The summed E-state index contributed by atoms with van der Waals surface area (Å²) >= 11 is 1.48. The van der Waals surface area contributed by atoms with E-state index >= 15 is 0 Å². The number of ether oxygens (including phenoxy) is 1. The van der Waals surface area contributed by atoms with Crippen molar-refractivity contribution in [2.24, 2.45) is 0 Å². The molecule has 1 fully saturated rings. The maximum Gasteiger partial charge on any atom is 0.227 e. The van der Waals surface area contributed by atoms with E-state index in [-0.39, 0.29) is 18.1 Å². The third kappa shape index (κ3) is 5.35. The molecule has 1 aromatic rings. The predicted molar refractivity (Wildman–Crippen MR) is 84.6 cm³/mol. The monoisotopic (exact) mass is 312 g/mol. The standard InChI is InChI=1S/C14H24N4O2S/c1-10-6-18(7-11(2)20-10)8-12-9-21-14(16-12)17-13(19)4-5-15-3/h9-11,15H,4-8H2,1-3H3,(H,16,17,19). The van der Waals surface area contributed by atoms with Crippen LogP contribution in [0.1, 0.15) is 26.0 Å². The van der Waals surface area contributed by atoms with Gasteiger partial charge in [-0.05, 0) is 20.9 Å². The molecule has 2 atom stereocenters. The first-order valence-electron chi connectivity index (χ1n) is 7.33. The molecule has 1 aliphatic heterocycles. The Morgan fingerprint density at radius 2 is 2.19 bits per heavy atom. The van der Waals surface area contributed by atoms with Crippen LogP contribution in [0.4, 0.5) is 5.13 Å². The predicted octanol–water partition coefficient (Wildman–Crippen LogP) is 1.30. The zero-order valence-electron chi connectivity index (χ0n) is 12.9. The number of nitrogens with one attached hydrogen (secondary N) is 2. The number of morpholine rings is 1. The van der Waals surface area contributed by atoms with Gasteiger partial charge in [0, 0.05) is 38.0 Å². The topological polar surface area (TPSA) is 66.5 Å². The SMILES string of the molecule is CNCCC(=O)Nc1nc(CN2CC(C)OC(C)C2)cs1. The van der Waals surface area contributed by atoms with E-state index in [1.165, 1.54) is 11.3 Å². The molecule has 0 bridgehead atoms. The van der Waals surface area contributed by atoms with Crippen molar-refractivity contribution in [2.75, 3.05) is 32.0 Å². The van der Waals surface area contributed by atoms with Crippen LogP contribution in [0.3, 0.4) is 0 Å². The van der Waals surface area contributed by atoms with E-state index in [1.54, 1.807) is 0 Å². The molecule has 2 N–H and O–H groups in total. The van der Waals surface area contributed by atoms with Gasteiger partial charge in [0.2, 0.25) is 5.91 Å². The number of hydrogen-bond donors (Lipinski definition) is 2. The zero-order chi connectivity index (χ0) is 15.2. The van der Waals surface area contributed by atoms with Gasteiger partial charge in [-0.15, -0.1) is 11.3 Å². The van der Waals surface area contributed by atoms with Crippen LogP contribution in [0.2, 0.25) is 0 Å². The van der Waals surface area contributed by atoms with Gasteiger partial charge in [0.25, 0.3) is 0 Å². The summed E-state index contributed by atoms with van der Waals surface area (Å²) in [7, 11) is 1.83. The molecule has 2 rings (SSSR count). The Hall–Kier alpha value is -1.02. The minimum atomic E-state index is -0.00105. The highest BCUT2D eigenvalue weighted by Crippen LogP contribution is 2.19. The second kappa shape index (κ2) is 7.84. The van der Waals surface area contributed by atoms with Gasteiger partial charge in [0.1, 0.15) is 0 Å². The summed E-state index contributed by atoms with van der Waals surface area (Å²) in [6.45, 7) is 7.51. The van der Waals surface area contributed by atoms with Crippen molar-refractivity contribution < 1.29 is 9.53 Å². The molecule has 6 nitrogen and oxygen atoms in total. The molecular formula is C14H24N4O2S. The molecule has 7 heteroatoms. The van der Waals surface area contributed by atoms with E-state index in [0.29, 0.717) is 18.1 Å². The molecule has 1 saturated heterocycles. The van der Waals surface area contributed by atoms with Gasteiger partial charge in [-0.3, -0.25) is 9.69 Å². The fourth-order valence-electron chi connectivity index (χ4n) is 2.50. The molecule has 2 unspecified atom stereocenters. The van der Waals surface area contributed by atoms with Gasteiger partial charge >= 0.3 is 0 Å². The molecule has 118 valence electrons. The zero-order valence-corrected chi connectivity index (χ0v) is 13.7. The number of rotatable bonds is 6. The van der Waals surface area contributed by atoms with Gasteiger partial charge < -0.3 is 15.4 Å². The van der Waals surface area contributed by atoms with Crippen molar-refractivity contribution in [3.05, 3.63) is 11.1 Å². The third-order valence-electron chi connectivity index (χ3n) is 3.28. The lowest BCUT2D eigenvalue weighted by molar-refractivity contribution is -0.116. The third-order valence-corrected chi connectivity index (χ3v) is 4.09. The van der Waals surface area contributed by atoms with Crippen LogP contribution < -0.4 is 10.6 Å². The first-order valence-corrected chi connectivity index (χ1v) is 8.21. The minimum absolute atomic E-state index is 0.00105. The summed E-state index contributed by atoms with van der Waals surface area (Å²) in [6, 6.07) is 0. The highest BCUT2D eigenvalue weighted by molar-refractivity contribution is 7.13. The average Bonchev–Trinajstić information content (AvgIpc) is 2.82. The summed E-state index contributed by atoms with van der Waals surface area (Å²) < 4.78 is 5.73. The second-order valence-corrected chi connectivity index (χ2v) is 6.36. The van der Waals surface area contributed by atoms with Crippen LogP contribution in [0.15, 0.2) is 5.38 Å². The molecule has 1 aliphatic rings. The minimum Gasteiger partial charge on any atom is -0.373 e. The maximum absolute atomic E-state index is 11.6. The molecule has 0 aliphatic carbocycles. The van der Waals surface area contributed by atoms with Crippen molar-refractivity contribution in [1.29, 1.82) is 0 Å². The number of nitrogens with zero attached hydrogens (tertiary/aromatic N) is 2. The van der Waals surface area contributed by atoms with Crippen LogP contribution in [0.5, 0.6) is 0 Å². The fourth-order valence-corrected chi connectivity index (χ4v) is 3.22. The molecule has 21 heavy (non-hydrogen) atoms. The van der Waals surface area contributed by atoms with Crippen molar-refractivity contribution in [2.45, 2.75) is 39.0 Å². The summed E-state index contributed by atoms with van der Waals surface area (Å²) in [5.41, 5.74) is 1.00. The number of aromatic nitrogens is 1. The summed E-state index contributed by atoms with van der Waals surface area (Å²) in [6.07, 6.45) is 0.977. The van der Waals surface area contributed by atoms with Gasteiger partial charge in [-0.25, -0.2) is 4.98 Å². The first kappa shape index (κ1) is 16.4. The second-order valence-electron chi connectivity index (χ2n) is 5.50. The van der Waals surface area contributed by atoms with E-state index in [1.807, 2.05) is 12.4 Å². The van der Waals surface area contributed by atoms with Crippen LogP contribution >= 0.6 is 11.3 Å². The summed E-state index contributed by atoms with van der Waals surface area (Å²) in [5, 5.41) is 8.49. The van der Waals surface area contributed by atoms with Crippen LogP contribution in [-0.4, -0.2) is 54.7 Å². The average molecular weight is 312 g/mol. The number of thiazole rings is 1. The summed E-state index contributed by atoms with van der Waals surface area (Å²) in [5.74, 6) is -0.00105. The van der Waals surface area contributed by atoms with E-state index in [0.717, 1.165) is 25.3 Å². The first-order chi connectivity index (χ1) is 10.1. The molecule has 0 aromatic carbocycles. The van der Waals surface area contributed by atoms with Crippen molar-refractivity contribution >= 4 is 22.4 Å². The number of amides is 1. The lowest BCUT2D eigenvalue weighted by atomic mass is 10.2. The van der Waals surface area contributed by atoms with Gasteiger partial charge in [-0.2, -0.15) is 0 Å². The van der Waals surface area contributed by atoms with Crippen molar-refractivity contribution in [3.63, 3.8) is 0 Å². The molecule has 0 saturated carbocycles. The van der Waals surface area contributed by atoms with E-state index in [2.05, 4.69) is 34.4 Å². The van der Waals surface area contributed by atoms with Gasteiger partial charge in [-0.1, -0.05) is 0 Å². The lowest BCUT2D eigenvalue weighted by Gasteiger charge is -2.34. The maximum atomic E-state index is 11.6. The van der Waals surface area contributed by atoms with Crippen molar-refractivity contribution in [3.8, 4) is 0 Å². The Morgan fingerprint density at radius 3 is 2.86 bits per heavy atom. The molecule has 2 heterocycles. The number of carbonyl (C=O) groups excluding carboxylic acids is 1. The number of hydrogen-bond acceptors (Lipinski definition) is 6. The van der Waals surface area contributed by atoms with E-state index < -0.39 is 0 Å². The Balaban J connectivity index is 1.83. The fraction of sp³-hybridized carbons (Fsp3) is 0.714. The van der Waals surface area contributed by atoms with E-state index in [9.17, 15) is 4.79 Å². The normalized spacial score (nSPS) is 23.2. The summed E-state index contributed by atoms with van der Waals surface area (Å²) in [4.78, 5) is 18.5. The van der Waals surface area contributed by atoms with Crippen LogP contribution in [0.25, 0.3) is 0 Å². The Labute approximate surface area is 129 Å². The van der Waals surface area contributed by atoms with Gasteiger partial charge in [0.15, 0.2) is 5.13 Å². The molecule has 1 aromatic heterocycles. The quantitative estimate of drug-likeness (QED) is 0.829. The smallest absolute Gasteiger partial charge is 0.227 e. The molecular weight excluding hydrogens is 288 g/mol. The van der Waals surface area contributed by atoms with Crippen molar-refractivity contribution in [1.82, 2.24) is 15.2 Å². The molecule has 1 amide bonds. The molecule has 0 radical (unpaired) electrons. The number of anilines is 1. The largest absolute Gasteiger partial charge is 0.373 e. The Bertz CT molecular complexity index is 456. The lowest BCUT2D eigenvalue weighted by Crippen LogP contribution is -2.44.